The SMILES string of the molecule is O=C(O)C1CCCNC1C1CCCNC1. The van der Waals surface area contributed by atoms with E-state index in [-0.39, 0.29) is 12.0 Å². The van der Waals surface area contributed by atoms with Crippen LogP contribution in [0, 0.1) is 11.8 Å². The lowest BCUT2D eigenvalue weighted by atomic mass is 9.79. The van der Waals surface area contributed by atoms with Gasteiger partial charge in [-0.2, -0.15) is 0 Å². The summed E-state index contributed by atoms with van der Waals surface area (Å²) in [6.07, 6.45) is 4.17. The van der Waals surface area contributed by atoms with Crippen LogP contribution in [0.2, 0.25) is 0 Å². The minimum atomic E-state index is -0.627. The van der Waals surface area contributed by atoms with Gasteiger partial charge in [0.1, 0.15) is 0 Å². The second kappa shape index (κ2) is 4.94. The number of nitrogens with one attached hydrogen (secondary N) is 2. The molecular weight excluding hydrogens is 192 g/mol. The number of rotatable bonds is 2. The zero-order valence-corrected chi connectivity index (χ0v) is 9.04. The number of carbonyl (C=O) groups is 1. The van der Waals surface area contributed by atoms with Crippen molar-refractivity contribution in [2.24, 2.45) is 11.8 Å². The van der Waals surface area contributed by atoms with Crippen molar-refractivity contribution in [1.29, 1.82) is 0 Å². The van der Waals surface area contributed by atoms with Crippen molar-refractivity contribution < 1.29 is 9.90 Å². The molecule has 4 heteroatoms. The summed E-state index contributed by atoms with van der Waals surface area (Å²) in [6.45, 7) is 3.04. The molecule has 2 rings (SSSR count). The van der Waals surface area contributed by atoms with Crippen molar-refractivity contribution in [2.75, 3.05) is 19.6 Å². The van der Waals surface area contributed by atoms with Gasteiger partial charge in [-0.3, -0.25) is 4.79 Å². The summed E-state index contributed by atoms with van der Waals surface area (Å²) < 4.78 is 0. The van der Waals surface area contributed by atoms with E-state index in [0.717, 1.165) is 38.9 Å². The quantitative estimate of drug-likeness (QED) is 0.621. The van der Waals surface area contributed by atoms with Crippen molar-refractivity contribution in [3.63, 3.8) is 0 Å². The average Bonchev–Trinajstić information content (AvgIpc) is 2.30. The molecule has 0 aromatic carbocycles. The zero-order chi connectivity index (χ0) is 10.7. The lowest BCUT2D eigenvalue weighted by Crippen LogP contribution is -2.52. The van der Waals surface area contributed by atoms with Gasteiger partial charge in [0, 0.05) is 6.04 Å². The summed E-state index contributed by atoms with van der Waals surface area (Å²) >= 11 is 0. The van der Waals surface area contributed by atoms with Gasteiger partial charge in [0.05, 0.1) is 5.92 Å². The Hall–Kier alpha value is -0.610. The summed E-state index contributed by atoms with van der Waals surface area (Å²) in [5, 5.41) is 15.9. The van der Waals surface area contributed by atoms with Crippen molar-refractivity contribution >= 4 is 5.97 Å². The normalized spacial score (nSPS) is 37.5. The van der Waals surface area contributed by atoms with Crippen LogP contribution < -0.4 is 10.6 Å². The van der Waals surface area contributed by atoms with E-state index < -0.39 is 5.97 Å². The number of hydrogen-bond donors (Lipinski definition) is 3. The van der Waals surface area contributed by atoms with Gasteiger partial charge in [0.15, 0.2) is 0 Å². The van der Waals surface area contributed by atoms with E-state index in [4.69, 9.17) is 0 Å². The molecule has 0 saturated carbocycles. The average molecular weight is 212 g/mol. The van der Waals surface area contributed by atoms with Gasteiger partial charge in [-0.15, -0.1) is 0 Å². The molecule has 2 aliphatic rings. The second-order valence-corrected chi connectivity index (χ2v) is 4.67. The minimum Gasteiger partial charge on any atom is -0.481 e. The molecule has 0 aliphatic carbocycles. The van der Waals surface area contributed by atoms with E-state index in [1.807, 2.05) is 0 Å². The highest BCUT2D eigenvalue weighted by Crippen LogP contribution is 2.26. The van der Waals surface area contributed by atoms with Crippen LogP contribution in [0.1, 0.15) is 25.7 Å². The molecule has 0 aromatic rings. The molecule has 2 aliphatic heterocycles. The Morgan fingerprint density at radius 3 is 2.67 bits per heavy atom. The lowest BCUT2D eigenvalue weighted by molar-refractivity contribution is -0.144. The number of aliphatic carboxylic acids is 1. The maximum Gasteiger partial charge on any atom is 0.308 e. The van der Waals surface area contributed by atoms with Crippen LogP contribution in [-0.4, -0.2) is 36.8 Å². The van der Waals surface area contributed by atoms with Crippen LogP contribution >= 0.6 is 0 Å². The molecular formula is C11H20N2O2. The highest BCUT2D eigenvalue weighted by Gasteiger charge is 2.36. The summed E-state index contributed by atoms with van der Waals surface area (Å²) in [7, 11) is 0. The number of carboxylic acid groups (broad SMARTS) is 1. The fraction of sp³-hybridized carbons (Fsp3) is 0.909. The molecule has 2 heterocycles. The maximum atomic E-state index is 11.1. The first-order valence-electron chi connectivity index (χ1n) is 5.96. The number of carboxylic acids is 1. The summed E-state index contributed by atoms with van der Waals surface area (Å²) in [6, 6.07) is 0.184. The highest BCUT2D eigenvalue weighted by atomic mass is 16.4. The standard InChI is InChI=1S/C11H20N2O2/c14-11(15)9-4-2-6-13-10(9)8-3-1-5-12-7-8/h8-10,12-13H,1-7H2,(H,14,15). The molecule has 0 spiro atoms. The summed E-state index contributed by atoms with van der Waals surface area (Å²) in [5.74, 6) is -0.304. The van der Waals surface area contributed by atoms with Crippen LogP contribution in [0.5, 0.6) is 0 Å². The number of piperidine rings is 2. The Morgan fingerprint density at radius 2 is 2.00 bits per heavy atom. The van der Waals surface area contributed by atoms with E-state index >= 15 is 0 Å². The van der Waals surface area contributed by atoms with Crippen molar-refractivity contribution in [3.8, 4) is 0 Å². The molecule has 15 heavy (non-hydrogen) atoms. The molecule has 0 radical (unpaired) electrons. The van der Waals surface area contributed by atoms with Gasteiger partial charge in [0.2, 0.25) is 0 Å². The van der Waals surface area contributed by atoms with Gasteiger partial charge >= 0.3 is 5.97 Å². The van der Waals surface area contributed by atoms with E-state index in [1.54, 1.807) is 0 Å². The van der Waals surface area contributed by atoms with E-state index in [0.29, 0.717) is 5.92 Å². The van der Waals surface area contributed by atoms with Crippen LogP contribution in [-0.2, 0) is 4.79 Å². The molecule has 3 unspecified atom stereocenters. The van der Waals surface area contributed by atoms with Crippen LogP contribution in [0.4, 0.5) is 0 Å². The van der Waals surface area contributed by atoms with Crippen LogP contribution in [0.15, 0.2) is 0 Å². The number of hydrogen-bond acceptors (Lipinski definition) is 3. The first-order chi connectivity index (χ1) is 7.29. The third-order valence-corrected chi connectivity index (χ3v) is 3.67. The van der Waals surface area contributed by atoms with E-state index in [2.05, 4.69) is 10.6 Å². The first-order valence-corrected chi connectivity index (χ1v) is 5.96. The largest absolute Gasteiger partial charge is 0.481 e. The lowest BCUT2D eigenvalue weighted by Gasteiger charge is -2.38. The van der Waals surface area contributed by atoms with Gasteiger partial charge in [-0.25, -0.2) is 0 Å². The summed E-state index contributed by atoms with van der Waals surface area (Å²) in [4.78, 5) is 11.1. The van der Waals surface area contributed by atoms with Crippen molar-refractivity contribution in [1.82, 2.24) is 10.6 Å². The topological polar surface area (TPSA) is 61.4 Å². The van der Waals surface area contributed by atoms with Crippen LogP contribution in [0.3, 0.4) is 0 Å². The molecule has 2 saturated heterocycles. The Kier molecular flexibility index (Phi) is 3.59. The predicted octanol–water partition coefficient (Wildman–Crippen LogP) is 0.439. The maximum absolute atomic E-state index is 11.1. The Labute approximate surface area is 90.4 Å². The molecule has 0 bridgehead atoms. The van der Waals surface area contributed by atoms with Gasteiger partial charge in [-0.05, 0) is 51.2 Å². The Balaban J connectivity index is 1.99. The monoisotopic (exact) mass is 212 g/mol. The minimum absolute atomic E-state index is 0.177. The third-order valence-electron chi connectivity index (χ3n) is 3.67. The molecule has 4 nitrogen and oxygen atoms in total. The van der Waals surface area contributed by atoms with Gasteiger partial charge in [-0.1, -0.05) is 0 Å². The van der Waals surface area contributed by atoms with Crippen molar-refractivity contribution in [3.05, 3.63) is 0 Å². The smallest absolute Gasteiger partial charge is 0.308 e. The molecule has 3 atom stereocenters. The molecule has 0 aromatic heterocycles. The fourth-order valence-corrected chi connectivity index (χ4v) is 2.87. The summed E-state index contributed by atoms with van der Waals surface area (Å²) in [5.41, 5.74) is 0. The Morgan fingerprint density at radius 1 is 1.20 bits per heavy atom. The predicted molar refractivity (Wildman–Crippen MR) is 57.7 cm³/mol. The molecule has 2 fully saturated rings. The fourth-order valence-electron chi connectivity index (χ4n) is 2.87. The zero-order valence-electron chi connectivity index (χ0n) is 9.04. The van der Waals surface area contributed by atoms with Crippen molar-refractivity contribution in [2.45, 2.75) is 31.7 Å². The van der Waals surface area contributed by atoms with Gasteiger partial charge < -0.3 is 15.7 Å². The Bertz CT molecular complexity index is 227. The molecule has 3 N–H and O–H groups in total. The highest BCUT2D eigenvalue weighted by molar-refractivity contribution is 5.71. The second-order valence-electron chi connectivity index (χ2n) is 4.67. The first kappa shape index (κ1) is 10.9. The molecule has 86 valence electrons. The molecule has 0 amide bonds. The van der Waals surface area contributed by atoms with E-state index in [9.17, 15) is 9.90 Å². The van der Waals surface area contributed by atoms with Crippen LogP contribution in [0.25, 0.3) is 0 Å². The van der Waals surface area contributed by atoms with E-state index in [1.165, 1.54) is 6.42 Å². The third kappa shape index (κ3) is 2.49. The van der Waals surface area contributed by atoms with Gasteiger partial charge in [0.25, 0.3) is 0 Å².